The summed E-state index contributed by atoms with van der Waals surface area (Å²) < 4.78 is 4.59. The summed E-state index contributed by atoms with van der Waals surface area (Å²) in [6.45, 7) is 2.05. The number of methoxy groups -OCH3 is 1. The molecule has 0 fully saturated rings. The number of guanidine groups is 1. The van der Waals surface area contributed by atoms with Crippen LogP contribution in [0.15, 0.2) is 35.3 Å². The van der Waals surface area contributed by atoms with Crippen molar-refractivity contribution in [2.75, 3.05) is 19.0 Å². The van der Waals surface area contributed by atoms with E-state index < -0.39 is 0 Å². The van der Waals surface area contributed by atoms with Gasteiger partial charge in [-0.05, 0) is 12.1 Å². The Balaban J connectivity index is 2.48. The summed E-state index contributed by atoms with van der Waals surface area (Å²) in [5.74, 6) is -0.302. The molecule has 1 unspecified atom stereocenters. The van der Waals surface area contributed by atoms with Gasteiger partial charge in [-0.1, -0.05) is 25.1 Å². The third kappa shape index (κ3) is 4.55. The van der Waals surface area contributed by atoms with E-state index >= 15 is 0 Å². The van der Waals surface area contributed by atoms with E-state index in [4.69, 9.17) is 5.73 Å². The van der Waals surface area contributed by atoms with Gasteiger partial charge in [0.2, 0.25) is 0 Å². The average Bonchev–Trinajstić information content (AvgIpc) is 2.36. The van der Waals surface area contributed by atoms with Crippen LogP contribution < -0.4 is 11.1 Å². The first-order valence-corrected chi connectivity index (χ1v) is 5.33. The van der Waals surface area contributed by atoms with Crippen molar-refractivity contribution in [3.8, 4) is 0 Å². The van der Waals surface area contributed by atoms with Gasteiger partial charge in [-0.15, -0.1) is 0 Å². The number of hydrogen-bond acceptors (Lipinski definition) is 3. The van der Waals surface area contributed by atoms with Crippen molar-refractivity contribution in [1.29, 1.82) is 0 Å². The summed E-state index contributed by atoms with van der Waals surface area (Å²) in [6, 6.07) is 9.47. The fourth-order valence-corrected chi connectivity index (χ4v) is 1.22. The van der Waals surface area contributed by atoms with Crippen LogP contribution in [0.3, 0.4) is 0 Å². The monoisotopic (exact) mass is 235 g/mol. The van der Waals surface area contributed by atoms with Gasteiger partial charge in [-0.3, -0.25) is 9.79 Å². The highest BCUT2D eigenvalue weighted by Crippen LogP contribution is 2.04. The molecule has 0 heterocycles. The molecule has 3 N–H and O–H groups in total. The van der Waals surface area contributed by atoms with Crippen LogP contribution in [0.4, 0.5) is 5.69 Å². The van der Waals surface area contributed by atoms with Crippen LogP contribution in [0.2, 0.25) is 0 Å². The number of nitrogens with one attached hydrogen (secondary N) is 1. The van der Waals surface area contributed by atoms with Crippen molar-refractivity contribution in [2.45, 2.75) is 6.92 Å². The number of rotatable bonds is 4. The smallest absolute Gasteiger partial charge is 0.310 e. The van der Waals surface area contributed by atoms with Crippen molar-refractivity contribution in [3.63, 3.8) is 0 Å². The van der Waals surface area contributed by atoms with E-state index in [9.17, 15) is 4.79 Å². The van der Waals surface area contributed by atoms with Crippen LogP contribution in [0.25, 0.3) is 0 Å². The van der Waals surface area contributed by atoms with E-state index in [1.165, 1.54) is 7.11 Å². The number of nitrogens with zero attached hydrogens (tertiary/aromatic N) is 1. The Hall–Kier alpha value is -2.04. The average molecular weight is 235 g/mol. The van der Waals surface area contributed by atoms with Gasteiger partial charge in [0.05, 0.1) is 19.6 Å². The van der Waals surface area contributed by atoms with E-state index in [0.29, 0.717) is 6.54 Å². The molecule has 0 amide bonds. The van der Waals surface area contributed by atoms with Crippen molar-refractivity contribution < 1.29 is 9.53 Å². The summed E-state index contributed by atoms with van der Waals surface area (Å²) >= 11 is 0. The maximum Gasteiger partial charge on any atom is 0.310 e. The molecule has 1 atom stereocenters. The SMILES string of the molecule is COC(=O)C(C)CN=C(N)Nc1ccccc1. The number of nitrogens with two attached hydrogens (primary N) is 1. The molecular weight excluding hydrogens is 218 g/mol. The molecule has 0 spiro atoms. The van der Waals surface area contributed by atoms with Gasteiger partial charge in [0.25, 0.3) is 0 Å². The lowest BCUT2D eigenvalue weighted by atomic mass is 10.2. The molecule has 0 aliphatic rings. The Kier molecular flexibility index (Phi) is 5.00. The molecule has 0 aromatic heterocycles. The standard InChI is InChI=1S/C12H17N3O2/c1-9(11(16)17-2)8-14-12(13)15-10-6-4-3-5-7-10/h3-7,9H,8H2,1-2H3,(H3,13,14,15). The third-order valence-electron chi connectivity index (χ3n) is 2.19. The second kappa shape index (κ2) is 6.52. The molecule has 0 saturated carbocycles. The summed E-state index contributed by atoms with van der Waals surface area (Å²) in [7, 11) is 1.36. The van der Waals surface area contributed by atoms with Crippen LogP contribution in [-0.2, 0) is 9.53 Å². The molecule has 1 rings (SSSR count). The molecule has 0 radical (unpaired) electrons. The van der Waals surface area contributed by atoms with Gasteiger partial charge in [0.15, 0.2) is 5.96 Å². The first-order chi connectivity index (χ1) is 8.13. The highest BCUT2D eigenvalue weighted by atomic mass is 16.5. The van der Waals surface area contributed by atoms with E-state index in [0.717, 1.165) is 5.69 Å². The Morgan fingerprint density at radius 3 is 2.71 bits per heavy atom. The summed E-state index contributed by atoms with van der Waals surface area (Å²) in [5.41, 5.74) is 6.54. The number of para-hydroxylation sites is 1. The molecule has 0 saturated heterocycles. The third-order valence-corrected chi connectivity index (χ3v) is 2.19. The van der Waals surface area contributed by atoms with Crippen molar-refractivity contribution in [1.82, 2.24) is 0 Å². The second-order valence-corrected chi connectivity index (χ2v) is 3.64. The molecule has 17 heavy (non-hydrogen) atoms. The number of hydrogen-bond donors (Lipinski definition) is 2. The zero-order chi connectivity index (χ0) is 12.7. The molecule has 0 aliphatic carbocycles. The minimum absolute atomic E-state index is 0.284. The largest absolute Gasteiger partial charge is 0.469 e. The Bertz CT molecular complexity index is 390. The zero-order valence-corrected chi connectivity index (χ0v) is 10.0. The molecule has 0 aliphatic heterocycles. The van der Waals surface area contributed by atoms with Crippen molar-refractivity contribution in [2.24, 2.45) is 16.6 Å². The number of anilines is 1. The molecule has 5 nitrogen and oxygen atoms in total. The fourth-order valence-electron chi connectivity index (χ4n) is 1.22. The summed E-state index contributed by atoms with van der Waals surface area (Å²) in [4.78, 5) is 15.2. The maximum absolute atomic E-state index is 11.1. The van der Waals surface area contributed by atoms with Gasteiger partial charge < -0.3 is 15.8 Å². The fraction of sp³-hybridized carbons (Fsp3) is 0.333. The number of esters is 1. The molecule has 1 aromatic rings. The van der Waals surface area contributed by atoms with Crippen LogP contribution in [-0.4, -0.2) is 25.6 Å². The second-order valence-electron chi connectivity index (χ2n) is 3.64. The zero-order valence-electron chi connectivity index (χ0n) is 10.0. The Morgan fingerprint density at radius 2 is 2.12 bits per heavy atom. The van der Waals surface area contributed by atoms with E-state index in [1.807, 2.05) is 30.3 Å². The molecule has 1 aromatic carbocycles. The molecule has 92 valence electrons. The molecule has 0 bridgehead atoms. The number of carbonyl (C=O) groups excluding carboxylic acids is 1. The van der Waals surface area contributed by atoms with Crippen LogP contribution in [0.1, 0.15) is 6.92 Å². The summed E-state index contributed by atoms with van der Waals surface area (Å²) in [5, 5.41) is 2.93. The summed E-state index contributed by atoms with van der Waals surface area (Å²) in [6.07, 6.45) is 0. The van der Waals surface area contributed by atoms with Crippen LogP contribution in [0, 0.1) is 5.92 Å². The predicted molar refractivity (Wildman–Crippen MR) is 67.7 cm³/mol. The van der Waals surface area contributed by atoms with Gasteiger partial charge in [-0.25, -0.2) is 0 Å². The van der Waals surface area contributed by atoms with Crippen molar-refractivity contribution >= 4 is 17.6 Å². The number of benzene rings is 1. The van der Waals surface area contributed by atoms with E-state index in [1.54, 1.807) is 6.92 Å². The number of ether oxygens (including phenoxy) is 1. The maximum atomic E-state index is 11.1. The number of carbonyl (C=O) groups is 1. The highest BCUT2D eigenvalue weighted by Gasteiger charge is 2.11. The molecule has 5 heteroatoms. The lowest BCUT2D eigenvalue weighted by molar-refractivity contribution is -0.144. The predicted octanol–water partition coefficient (Wildman–Crippen LogP) is 1.22. The van der Waals surface area contributed by atoms with Crippen LogP contribution >= 0.6 is 0 Å². The van der Waals surface area contributed by atoms with Gasteiger partial charge in [0, 0.05) is 5.69 Å². The minimum atomic E-state index is -0.295. The topological polar surface area (TPSA) is 76.7 Å². The highest BCUT2D eigenvalue weighted by molar-refractivity contribution is 5.92. The minimum Gasteiger partial charge on any atom is -0.469 e. The Labute approximate surface area is 101 Å². The lowest BCUT2D eigenvalue weighted by Gasteiger charge is -2.08. The first kappa shape index (κ1) is 13.0. The quantitative estimate of drug-likeness (QED) is 0.467. The van der Waals surface area contributed by atoms with Gasteiger partial charge in [0.1, 0.15) is 0 Å². The Morgan fingerprint density at radius 1 is 1.47 bits per heavy atom. The number of aliphatic imine (C=N–C) groups is 1. The van der Waals surface area contributed by atoms with Crippen molar-refractivity contribution in [3.05, 3.63) is 30.3 Å². The normalized spacial score (nSPS) is 12.9. The lowest BCUT2D eigenvalue weighted by Crippen LogP contribution is -2.25. The molecular formula is C12H17N3O2. The van der Waals surface area contributed by atoms with E-state index in [-0.39, 0.29) is 17.8 Å². The van der Waals surface area contributed by atoms with Crippen LogP contribution in [0.5, 0.6) is 0 Å². The van der Waals surface area contributed by atoms with Gasteiger partial charge >= 0.3 is 5.97 Å². The van der Waals surface area contributed by atoms with Gasteiger partial charge in [-0.2, -0.15) is 0 Å². The van der Waals surface area contributed by atoms with E-state index in [2.05, 4.69) is 15.0 Å². The first-order valence-electron chi connectivity index (χ1n) is 5.33.